The average Bonchev–Trinajstić information content (AvgIpc) is 3.67. The number of methoxy groups -OCH3 is 1. The Morgan fingerprint density at radius 3 is 1.62 bits per heavy atom. The van der Waals surface area contributed by atoms with E-state index in [0.717, 1.165) is 33.6 Å². The highest BCUT2D eigenvalue weighted by molar-refractivity contribution is 5.80. The van der Waals surface area contributed by atoms with Crippen molar-refractivity contribution in [2.75, 3.05) is 13.7 Å². The molecule has 0 bridgehead atoms. The summed E-state index contributed by atoms with van der Waals surface area (Å²) in [7, 11) is 1.67. The minimum Gasteiger partial charge on any atom is -0.497 e. The van der Waals surface area contributed by atoms with Crippen LogP contribution in [0.4, 0.5) is 0 Å². The van der Waals surface area contributed by atoms with E-state index < -0.39 is 5.60 Å². The minimum atomic E-state index is -0.874. The van der Waals surface area contributed by atoms with Crippen molar-refractivity contribution < 1.29 is 19.0 Å². The van der Waals surface area contributed by atoms with E-state index >= 15 is 0 Å². The molecule has 236 valence electrons. The highest BCUT2D eigenvalue weighted by Gasteiger charge is 2.54. The smallest absolute Gasteiger partial charge is 0.315 e. The zero-order valence-electron chi connectivity index (χ0n) is 28.3. The van der Waals surface area contributed by atoms with Gasteiger partial charge in [0.15, 0.2) is 0 Å². The molecule has 1 saturated carbocycles. The number of carbonyl (C=O) groups is 1. The lowest BCUT2D eigenvalue weighted by Gasteiger charge is -2.36. The average molecular weight is 605 g/mol. The summed E-state index contributed by atoms with van der Waals surface area (Å²) in [5.41, 5.74) is 5.12. The quantitative estimate of drug-likeness (QED) is 0.108. The van der Waals surface area contributed by atoms with Gasteiger partial charge < -0.3 is 14.2 Å². The summed E-state index contributed by atoms with van der Waals surface area (Å²) in [4.78, 5) is 14.0. The Balaban J connectivity index is 1.48. The second kappa shape index (κ2) is 12.5. The van der Waals surface area contributed by atoms with Crippen molar-refractivity contribution >= 4 is 5.97 Å². The van der Waals surface area contributed by atoms with Gasteiger partial charge in [0.25, 0.3) is 0 Å². The fraction of sp³-hybridized carbons (Fsp3) is 0.390. The van der Waals surface area contributed by atoms with Gasteiger partial charge in [0.1, 0.15) is 17.1 Å². The van der Waals surface area contributed by atoms with E-state index in [4.69, 9.17) is 14.2 Å². The predicted molar refractivity (Wildman–Crippen MR) is 182 cm³/mol. The molecule has 0 aromatic heterocycles. The second-order valence-corrected chi connectivity index (χ2v) is 14.6. The van der Waals surface area contributed by atoms with E-state index in [2.05, 4.69) is 104 Å². The molecule has 0 heterocycles. The third-order valence-corrected chi connectivity index (χ3v) is 9.24. The Bertz CT molecular complexity index is 1530. The van der Waals surface area contributed by atoms with E-state index in [0.29, 0.717) is 12.4 Å². The number of carbonyl (C=O) groups excluding carboxylic acids is 1. The molecule has 0 N–H and O–H groups in total. The van der Waals surface area contributed by atoms with Crippen molar-refractivity contribution in [2.45, 2.75) is 71.8 Å². The molecule has 0 aliphatic heterocycles. The molecule has 1 aliphatic carbocycles. The van der Waals surface area contributed by atoms with Gasteiger partial charge in [0.2, 0.25) is 0 Å². The van der Waals surface area contributed by atoms with Gasteiger partial charge in [-0.1, -0.05) is 139 Å². The minimum absolute atomic E-state index is 0.0316. The Kier molecular flexibility index (Phi) is 9.01. The summed E-state index contributed by atoms with van der Waals surface area (Å²) in [6.45, 7) is 17.7. The molecule has 0 amide bonds. The van der Waals surface area contributed by atoms with Crippen LogP contribution in [0.1, 0.15) is 81.8 Å². The summed E-state index contributed by atoms with van der Waals surface area (Å²) < 4.78 is 19.0. The van der Waals surface area contributed by atoms with Crippen LogP contribution < -0.4 is 9.47 Å². The maximum absolute atomic E-state index is 14.0. The molecule has 4 aromatic carbocycles. The molecule has 0 radical (unpaired) electrons. The maximum atomic E-state index is 14.0. The molecule has 5 rings (SSSR count). The highest BCUT2D eigenvalue weighted by atomic mass is 16.5. The molecular formula is C41H48O4. The van der Waals surface area contributed by atoms with Crippen LogP contribution >= 0.6 is 0 Å². The summed E-state index contributed by atoms with van der Waals surface area (Å²) in [5.74, 6) is 1.25. The van der Waals surface area contributed by atoms with Gasteiger partial charge in [-0.05, 0) is 58.4 Å². The Hall–Kier alpha value is -3.89. The molecule has 4 aromatic rings. The third kappa shape index (κ3) is 6.58. The first kappa shape index (κ1) is 32.5. The molecule has 4 nitrogen and oxygen atoms in total. The summed E-state index contributed by atoms with van der Waals surface area (Å²) in [6, 6.07) is 33.1. The van der Waals surface area contributed by atoms with Crippen LogP contribution in [0, 0.1) is 24.7 Å². The molecule has 0 saturated heterocycles. The lowest BCUT2D eigenvalue weighted by atomic mass is 9.78. The SMILES string of the molecule is COc1ccc(C(OCC2C(C)C2C(=O)Oc2c(C(C)(C)C)cc(C)cc2C(C)(C)C)(c2ccccc2)c2ccccc2)cc1. The van der Waals surface area contributed by atoms with Gasteiger partial charge in [0.05, 0.1) is 19.6 Å². The first-order valence-electron chi connectivity index (χ1n) is 16.0. The molecule has 1 aliphatic rings. The van der Waals surface area contributed by atoms with E-state index in [1.54, 1.807) is 7.11 Å². The van der Waals surface area contributed by atoms with Gasteiger partial charge in [-0.25, -0.2) is 0 Å². The van der Waals surface area contributed by atoms with E-state index in [1.807, 2.05) is 48.5 Å². The Morgan fingerprint density at radius 1 is 0.711 bits per heavy atom. The molecule has 1 fully saturated rings. The zero-order chi connectivity index (χ0) is 32.6. The van der Waals surface area contributed by atoms with Crippen LogP contribution in [0.2, 0.25) is 0 Å². The van der Waals surface area contributed by atoms with Crippen molar-refractivity contribution in [1.29, 1.82) is 0 Å². The van der Waals surface area contributed by atoms with Crippen molar-refractivity contribution in [2.24, 2.45) is 17.8 Å². The molecule has 3 unspecified atom stereocenters. The number of benzene rings is 4. The summed E-state index contributed by atoms with van der Waals surface area (Å²) >= 11 is 0. The molecule has 45 heavy (non-hydrogen) atoms. The normalized spacial score (nSPS) is 18.4. The lowest BCUT2D eigenvalue weighted by molar-refractivity contribution is -0.137. The number of hydrogen-bond acceptors (Lipinski definition) is 4. The standard InChI is InChI=1S/C41H48O4/c1-27-24-34(39(3,4)5)37(35(25-27)40(6,7)8)45-38(42)36-28(2)33(36)26-44-41(29-16-12-10-13-17-29,30-18-14-11-15-19-30)31-20-22-32(43-9)23-21-31/h10-25,28,33,36H,26H2,1-9H3. The summed E-state index contributed by atoms with van der Waals surface area (Å²) in [5, 5.41) is 0. The van der Waals surface area contributed by atoms with Crippen LogP contribution in [0.5, 0.6) is 11.5 Å². The van der Waals surface area contributed by atoms with Crippen LogP contribution in [0.3, 0.4) is 0 Å². The number of rotatable bonds is 9. The van der Waals surface area contributed by atoms with Gasteiger partial charge in [0, 0.05) is 11.1 Å². The fourth-order valence-electron chi connectivity index (χ4n) is 6.50. The highest BCUT2D eigenvalue weighted by Crippen LogP contribution is 2.51. The lowest BCUT2D eigenvalue weighted by Crippen LogP contribution is -2.34. The zero-order valence-corrected chi connectivity index (χ0v) is 28.3. The second-order valence-electron chi connectivity index (χ2n) is 14.6. The Labute approximate surface area is 269 Å². The van der Waals surface area contributed by atoms with Gasteiger partial charge in [-0.3, -0.25) is 4.79 Å². The Morgan fingerprint density at radius 2 is 1.18 bits per heavy atom. The summed E-state index contributed by atoms with van der Waals surface area (Å²) in [6.07, 6.45) is 0. The van der Waals surface area contributed by atoms with Crippen LogP contribution in [0.25, 0.3) is 0 Å². The van der Waals surface area contributed by atoms with Gasteiger partial charge in [-0.2, -0.15) is 0 Å². The number of aryl methyl sites for hydroxylation is 1. The van der Waals surface area contributed by atoms with Crippen LogP contribution in [0.15, 0.2) is 97.1 Å². The van der Waals surface area contributed by atoms with Crippen molar-refractivity contribution in [3.05, 3.63) is 130 Å². The number of ether oxygens (including phenoxy) is 3. The monoisotopic (exact) mass is 604 g/mol. The molecule has 3 atom stereocenters. The third-order valence-electron chi connectivity index (χ3n) is 9.24. The van der Waals surface area contributed by atoms with E-state index in [9.17, 15) is 4.79 Å². The van der Waals surface area contributed by atoms with Crippen molar-refractivity contribution in [3.8, 4) is 11.5 Å². The van der Waals surface area contributed by atoms with Gasteiger partial charge in [-0.15, -0.1) is 0 Å². The van der Waals surface area contributed by atoms with E-state index in [-0.39, 0.29) is 34.6 Å². The first-order valence-corrected chi connectivity index (χ1v) is 16.0. The van der Waals surface area contributed by atoms with Crippen molar-refractivity contribution in [1.82, 2.24) is 0 Å². The number of esters is 1. The topological polar surface area (TPSA) is 44.8 Å². The first-order chi connectivity index (χ1) is 21.3. The molecular weight excluding hydrogens is 556 g/mol. The van der Waals surface area contributed by atoms with E-state index in [1.165, 1.54) is 5.56 Å². The molecule has 0 spiro atoms. The van der Waals surface area contributed by atoms with Crippen LogP contribution in [-0.4, -0.2) is 19.7 Å². The van der Waals surface area contributed by atoms with Crippen LogP contribution in [-0.2, 0) is 26.0 Å². The van der Waals surface area contributed by atoms with Gasteiger partial charge >= 0.3 is 5.97 Å². The number of hydrogen-bond donors (Lipinski definition) is 0. The molecule has 4 heteroatoms. The largest absolute Gasteiger partial charge is 0.497 e. The maximum Gasteiger partial charge on any atom is 0.315 e. The fourth-order valence-corrected chi connectivity index (χ4v) is 6.50. The predicted octanol–water partition coefficient (Wildman–Crippen LogP) is 9.39. The van der Waals surface area contributed by atoms with Crippen molar-refractivity contribution in [3.63, 3.8) is 0 Å².